The molecule has 0 N–H and O–H groups in total. The van der Waals surface area contributed by atoms with Crippen LogP contribution in [0.25, 0.3) is 22.4 Å². The lowest BCUT2D eigenvalue weighted by Crippen LogP contribution is -2.31. The number of rotatable bonds is 3. The molecule has 0 spiro atoms. The molecule has 3 aromatic carbocycles. The number of hydrogen-bond donors (Lipinski definition) is 0. The molecule has 31 heavy (non-hydrogen) atoms. The van der Waals surface area contributed by atoms with Gasteiger partial charge >= 0.3 is 0 Å². The van der Waals surface area contributed by atoms with Crippen LogP contribution >= 0.6 is 0 Å². The summed E-state index contributed by atoms with van der Waals surface area (Å²) in [5.41, 5.74) is 7.31. The number of nitrogens with zero attached hydrogens (tertiary/aromatic N) is 3. The van der Waals surface area contributed by atoms with E-state index >= 15 is 0 Å². The summed E-state index contributed by atoms with van der Waals surface area (Å²) in [7, 11) is 1.74. The summed E-state index contributed by atoms with van der Waals surface area (Å²) in [6, 6.07) is 23.3. The Kier molecular flexibility index (Phi) is 4.33. The predicted molar refractivity (Wildman–Crippen MR) is 121 cm³/mol. The Morgan fingerprint density at radius 2 is 1.26 bits per heavy atom. The maximum Gasteiger partial charge on any atom is 0.267 e. The molecule has 0 unspecified atom stereocenters. The van der Waals surface area contributed by atoms with Crippen molar-refractivity contribution in [2.45, 2.75) is 13.8 Å². The number of benzene rings is 3. The standard InChI is InChI=1S/C26H21N3O2/c1-16-8-9-20(14-17(16)2)18-10-12-19(13-11-18)23-15-24(28(3)27-23)29-25(30)21-6-4-5-7-22(21)26(29)31/h4-15H,1-3H3. The van der Waals surface area contributed by atoms with Crippen LogP contribution in [0.5, 0.6) is 0 Å². The van der Waals surface area contributed by atoms with Crippen molar-refractivity contribution < 1.29 is 9.59 Å². The van der Waals surface area contributed by atoms with E-state index in [-0.39, 0.29) is 11.8 Å². The van der Waals surface area contributed by atoms with Gasteiger partial charge in [-0.05, 0) is 48.2 Å². The van der Waals surface area contributed by atoms with Crippen molar-refractivity contribution in [1.29, 1.82) is 0 Å². The second-order valence-corrected chi connectivity index (χ2v) is 7.88. The van der Waals surface area contributed by atoms with Gasteiger partial charge in [0.15, 0.2) is 0 Å². The third-order valence-corrected chi connectivity index (χ3v) is 5.90. The number of fused-ring (bicyclic) bond motifs is 1. The van der Waals surface area contributed by atoms with Gasteiger partial charge in [-0.3, -0.25) is 14.3 Å². The topological polar surface area (TPSA) is 55.2 Å². The van der Waals surface area contributed by atoms with Gasteiger partial charge in [0.05, 0.1) is 16.8 Å². The predicted octanol–water partition coefficient (Wildman–Crippen LogP) is 5.17. The highest BCUT2D eigenvalue weighted by Gasteiger charge is 2.38. The minimum atomic E-state index is -0.319. The summed E-state index contributed by atoms with van der Waals surface area (Å²) < 4.78 is 1.58. The Morgan fingerprint density at radius 1 is 0.677 bits per heavy atom. The van der Waals surface area contributed by atoms with Crippen molar-refractivity contribution in [3.05, 3.63) is 95.1 Å². The maximum absolute atomic E-state index is 12.8. The number of aromatic nitrogens is 2. The van der Waals surface area contributed by atoms with E-state index in [0.29, 0.717) is 22.6 Å². The van der Waals surface area contributed by atoms with Gasteiger partial charge in [0, 0.05) is 18.7 Å². The van der Waals surface area contributed by atoms with Crippen LogP contribution in [-0.4, -0.2) is 21.6 Å². The van der Waals surface area contributed by atoms with Crippen LogP contribution < -0.4 is 4.90 Å². The first-order valence-corrected chi connectivity index (χ1v) is 10.1. The van der Waals surface area contributed by atoms with Crippen LogP contribution in [0.1, 0.15) is 31.8 Å². The maximum atomic E-state index is 12.8. The molecule has 2 heterocycles. The molecule has 0 fully saturated rings. The van der Waals surface area contributed by atoms with Crippen molar-refractivity contribution in [2.24, 2.45) is 7.05 Å². The van der Waals surface area contributed by atoms with E-state index in [0.717, 1.165) is 11.1 Å². The molecule has 0 radical (unpaired) electrons. The van der Waals surface area contributed by atoms with Gasteiger partial charge in [-0.2, -0.15) is 5.10 Å². The van der Waals surface area contributed by atoms with E-state index in [4.69, 9.17) is 0 Å². The summed E-state index contributed by atoms with van der Waals surface area (Å²) in [6.07, 6.45) is 0. The molecule has 5 rings (SSSR count). The normalized spacial score (nSPS) is 13.1. The minimum absolute atomic E-state index is 0.319. The zero-order valence-electron chi connectivity index (χ0n) is 17.6. The number of imide groups is 1. The number of hydrogen-bond acceptors (Lipinski definition) is 3. The monoisotopic (exact) mass is 407 g/mol. The second kappa shape index (κ2) is 7.06. The van der Waals surface area contributed by atoms with Crippen LogP contribution in [0, 0.1) is 13.8 Å². The minimum Gasteiger partial charge on any atom is -0.268 e. The SMILES string of the molecule is Cc1ccc(-c2ccc(-c3cc(N4C(=O)c5ccccc5C4=O)n(C)n3)cc2)cc1C. The van der Waals surface area contributed by atoms with Crippen molar-refractivity contribution in [2.75, 3.05) is 4.90 Å². The van der Waals surface area contributed by atoms with Gasteiger partial charge in [-0.1, -0.05) is 54.6 Å². The lowest BCUT2D eigenvalue weighted by atomic mass is 9.99. The summed E-state index contributed by atoms with van der Waals surface area (Å²) in [6.45, 7) is 4.22. The van der Waals surface area contributed by atoms with E-state index in [1.165, 1.54) is 21.6 Å². The fourth-order valence-electron chi connectivity index (χ4n) is 3.96. The average Bonchev–Trinajstić information content (AvgIpc) is 3.27. The Bertz CT molecular complexity index is 1310. The third-order valence-electron chi connectivity index (χ3n) is 5.90. The molecule has 0 saturated heterocycles. The first-order chi connectivity index (χ1) is 14.9. The number of amides is 2. The molecule has 0 bridgehead atoms. The van der Waals surface area contributed by atoms with Crippen LogP contribution in [-0.2, 0) is 7.05 Å². The summed E-state index contributed by atoms with van der Waals surface area (Å²) in [5.74, 6) is -0.181. The molecule has 5 heteroatoms. The first kappa shape index (κ1) is 19.0. The van der Waals surface area contributed by atoms with Crippen molar-refractivity contribution in [1.82, 2.24) is 9.78 Å². The zero-order valence-corrected chi connectivity index (χ0v) is 17.6. The quantitative estimate of drug-likeness (QED) is 0.440. The lowest BCUT2D eigenvalue weighted by Gasteiger charge is -2.12. The molecule has 1 aromatic heterocycles. The van der Waals surface area contributed by atoms with Gasteiger partial charge < -0.3 is 0 Å². The molecule has 0 saturated carbocycles. The number of carbonyl (C=O) groups excluding carboxylic acids is 2. The Morgan fingerprint density at radius 3 is 1.87 bits per heavy atom. The van der Waals surface area contributed by atoms with Gasteiger partial charge in [0.2, 0.25) is 0 Å². The van der Waals surface area contributed by atoms with Crippen molar-refractivity contribution in [3.8, 4) is 22.4 Å². The van der Waals surface area contributed by atoms with E-state index in [9.17, 15) is 9.59 Å². The summed E-state index contributed by atoms with van der Waals surface area (Å²) in [5, 5.41) is 4.56. The third kappa shape index (κ3) is 3.06. The fraction of sp³-hybridized carbons (Fsp3) is 0.115. The molecular formula is C26H21N3O2. The van der Waals surface area contributed by atoms with Gasteiger partial charge in [-0.25, -0.2) is 4.90 Å². The molecule has 0 atom stereocenters. The average molecular weight is 407 g/mol. The van der Waals surface area contributed by atoms with Gasteiger partial charge in [0.1, 0.15) is 5.82 Å². The Balaban J connectivity index is 1.47. The summed E-state index contributed by atoms with van der Waals surface area (Å²) in [4.78, 5) is 26.8. The molecule has 1 aliphatic rings. The molecule has 2 amide bonds. The molecule has 5 nitrogen and oxygen atoms in total. The number of aryl methyl sites for hydroxylation is 3. The van der Waals surface area contributed by atoms with Gasteiger partial charge in [-0.15, -0.1) is 0 Å². The Labute approximate surface area is 180 Å². The number of carbonyl (C=O) groups is 2. The van der Waals surface area contributed by atoms with Crippen molar-refractivity contribution in [3.63, 3.8) is 0 Å². The van der Waals surface area contributed by atoms with Crippen LogP contribution in [0.2, 0.25) is 0 Å². The van der Waals surface area contributed by atoms with Gasteiger partial charge in [0.25, 0.3) is 11.8 Å². The molecular weight excluding hydrogens is 386 g/mol. The highest BCUT2D eigenvalue weighted by molar-refractivity contribution is 6.34. The largest absolute Gasteiger partial charge is 0.268 e. The lowest BCUT2D eigenvalue weighted by molar-refractivity contribution is 0.0923. The van der Waals surface area contributed by atoms with E-state index < -0.39 is 0 Å². The number of anilines is 1. The fourth-order valence-corrected chi connectivity index (χ4v) is 3.96. The second-order valence-electron chi connectivity index (χ2n) is 7.88. The van der Waals surface area contributed by atoms with Crippen LogP contribution in [0.4, 0.5) is 5.82 Å². The van der Waals surface area contributed by atoms with E-state index in [2.05, 4.69) is 49.3 Å². The smallest absolute Gasteiger partial charge is 0.267 e. The molecule has 152 valence electrons. The Hall–Kier alpha value is -3.99. The van der Waals surface area contributed by atoms with Crippen molar-refractivity contribution >= 4 is 17.6 Å². The van der Waals surface area contributed by atoms with E-state index in [1.54, 1.807) is 42.1 Å². The molecule has 1 aliphatic heterocycles. The molecule has 0 aliphatic carbocycles. The van der Waals surface area contributed by atoms with Crippen LogP contribution in [0.3, 0.4) is 0 Å². The van der Waals surface area contributed by atoms with E-state index in [1.807, 2.05) is 12.1 Å². The highest BCUT2D eigenvalue weighted by Crippen LogP contribution is 2.32. The zero-order chi connectivity index (χ0) is 21.7. The first-order valence-electron chi connectivity index (χ1n) is 10.1. The summed E-state index contributed by atoms with van der Waals surface area (Å²) >= 11 is 0. The highest BCUT2D eigenvalue weighted by atomic mass is 16.2. The van der Waals surface area contributed by atoms with Crippen LogP contribution in [0.15, 0.2) is 72.8 Å². The molecule has 4 aromatic rings.